The third-order valence-electron chi connectivity index (χ3n) is 4.27. The molecule has 1 aliphatic heterocycles. The van der Waals surface area contributed by atoms with Crippen molar-refractivity contribution in [1.82, 2.24) is 15.1 Å². The average Bonchev–Trinajstić information content (AvgIpc) is 2.85. The second kappa shape index (κ2) is 6.51. The molecule has 124 valence electrons. The molecule has 1 aromatic heterocycles. The Hall–Kier alpha value is -1.56. The van der Waals surface area contributed by atoms with Gasteiger partial charge in [0.2, 0.25) is 0 Å². The Morgan fingerprint density at radius 1 is 1.52 bits per heavy atom. The van der Waals surface area contributed by atoms with Crippen molar-refractivity contribution in [3.63, 3.8) is 0 Å². The van der Waals surface area contributed by atoms with Gasteiger partial charge in [0.15, 0.2) is 0 Å². The molecule has 0 aliphatic carbocycles. The number of benzene rings is 1. The van der Waals surface area contributed by atoms with Crippen LogP contribution in [-0.4, -0.2) is 28.0 Å². The third kappa shape index (κ3) is 3.68. The highest BCUT2D eigenvalue weighted by molar-refractivity contribution is 6.30. The molecule has 3 rings (SSSR count). The molecular weight excluding hydrogens is 314 g/mol. The molecular formula is C17H22ClN3O2. The van der Waals surface area contributed by atoms with Crippen LogP contribution in [-0.2, 0) is 12.6 Å². The van der Waals surface area contributed by atoms with Crippen molar-refractivity contribution in [2.75, 3.05) is 13.2 Å². The zero-order chi connectivity index (χ0) is 16.4. The summed E-state index contributed by atoms with van der Waals surface area (Å²) in [6.45, 7) is 2.92. The van der Waals surface area contributed by atoms with Gasteiger partial charge in [0.1, 0.15) is 11.4 Å². The van der Waals surface area contributed by atoms with Gasteiger partial charge in [-0.05, 0) is 31.9 Å². The Kier molecular flexibility index (Phi) is 4.62. The fraction of sp³-hybridized carbons (Fsp3) is 0.471. The van der Waals surface area contributed by atoms with Crippen LogP contribution in [0.25, 0.3) is 0 Å². The van der Waals surface area contributed by atoms with Crippen molar-refractivity contribution >= 4 is 11.6 Å². The number of hydrogen-bond acceptors (Lipinski definition) is 4. The van der Waals surface area contributed by atoms with Gasteiger partial charge in [0.25, 0.3) is 0 Å². The van der Waals surface area contributed by atoms with E-state index in [0.29, 0.717) is 18.2 Å². The molecule has 5 nitrogen and oxygen atoms in total. The number of nitrogens with one attached hydrogen (secondary N) is 1. The van der Waals surface area contributed by atoms with Crippen LogP contribution in [0.5, 0.6) is 5.75 Å². The van der Waals surface area contributed by atoms with Gasteiger partial charge in [-0.25, -0.2) is 0 Å². The van der Waals surface area contributed by atoms with E-state index >= 15 is 0 Å². The van der Waals surface area contributed by atoms with Crippen molar-refractivity contribution in [2.24, 2.45) is 7.05 Å². The molecule has 0 spiro atoms. The van der Waals surface area contributed by atoms with Crippen molar-refractivity contribution < 1.29 is 9.84 Å². The summed E-state index contributed by atoms with van der Waals surface area (Å²) in [5.41, 5.74) is 0.913. The highest BCUT2D eigenvalue weighted by Gasteiger charge is 2.27. The number of aliphatic hydroxyl groups is 1. The number of hydrogen-bond donors (Lipinski definition) is 2. The van der Waals surface area contributed by atoms with Gasteiger partial charge in [-0.1, -0.05) is 17.7 Å². The summed E-state index contributed by atoms with van der Waals surface area (Å²) in [6, 6.07) is 5.87. The van der Waals surface area contributed by atoms with Crippen LogP contribution in [0.15, 0.2) is 30.6 Å². The van der Waals surface area contributed by atoms with Crippen molar-refractivity contribution in [1.29, 1.82) is 0 Å². The van der Waals surface area contributed by atoms with Gasteiger partial charge in [0.05, 0.1) is 12.8 Å². The second-order valence-corrected chi connectivity index (χ2v) is 6.72. The number of halogens is 1. The van der Waals surface area contributed by atoms with Gasteiger partial charge in [-0.15, -0.1) is 0 Å². The quantitative estimate of drug-likeness (QED) is 0.902. The van der Waals surface area contributed by atoms with Gasteiger partial charge in [-0.3, -0.25) is 4.68 Å². The lowest BCUT2D eigenvalue weighted by Crippen LogP contribution is -2.37. The van der Waals surface area contributed by atoms with Crippen molar-refractivity contribution in [3.8, 4) is 5.75 Å². The minimum absolute atomic E-state index is 0.132. The van der Waals surface area contributed by atoms with Crippen LogP contribution in [0.3, 0.4) is 0 Å². The molecule has 0 amide bonds. The molecule has 0 bridgehead atoms. The van der Waals surface area contributed by atoms with Crippen LogP contribution in [0, 0.1) is 0 Å². The number of aryl methyl sites for hydroxylation is 1. The molecule has 2 aromatic rings. The van der Waals surface area contributed by atoms with E-state index in [1.54, 1.807) is 17.8 Å². The predicted octanol–water partition coefficient (Wildman–Crippen LogP) is 2.78. The lowest BCUT2D eigenvalue weighted by molar-refractivity contribution is 0.0533. The van der Waals surface area contributed by atoms with E-state index in [1.165, 1.54) is 0 Å². The Labute approximate surface area is 141 Å². The highest BCUT2D eigenvalue weighted by Crippen LogP contribution is 2.34. The topological polar surface area (TPSA) is 59.3 Å². The molecule has 0 saturated heterocycles. The minimum Gasteiger partial charge on any atom is -0.493 e. The molecule has 1 aliphatic rings. The SMILES string of the molecule is Cn1cc(C(C)(O)CNC2CCCOc3cc(Cl)ccc32)cn1. The summed E-state index contributed by atoms with van der Waals surface area (Å²) in [4.78, 5) is 0. The molecule has 2 N–H and O–H groups in total. The first-order valence-electron chi connectivity index (χ1n) is 7.83. The first-order valence-corrected chi connectivity index (χ1v) is 8.21. The van der Waals surface area contributed by atoms with Crippen LogP contribution in [0.2, 0.25) is 5.02 Å². The van der Waals surface area contributed by atoms with Crippen molar-refractivity contribution in [2.45, 2.75) is 31.4 Å². The van der Waals surface area contributed by atoms with E-state index < -0.39 is 5.60 Å². The second-order valence-electron chi connectivity index (χ2n) is 6.28. The van der Waals surface area contributed by atoms with E-state index in [1.807, 2.05) is 31.4 Å². The van der Waals surface area contributed by atoms with E-state index in [2.05, 4.69) is 10.4 Å². The standard InChI is InChI=1S/C17H22ClN3O2/c1-17(22,12-9-20-21(2)10-12)11-19-15-4-3-7-23-16-8-13(18)5-6-14(15)16/h5-6,8-10,15,19,22H,3-4,7,11H2,1-2H3. The fourth-order valence-corrected chi connectivity index (χ4v) is 3.04. The predicted molar refractivity (Wildman–Crippen MR) is 89.7 cm³/mol. The molecule has 2 unspecified atom stereocenters. The maximum atomic E-state index is 10.7. The smallest absolute Gasteiger partial charge is 0.125 e. The van der Waals surface area contributed by atoms with E-state index in [0.717, 1.165) is 29.7 Å². The maximum Gasteiger partial charge on any atom is 0.125 e. The Morgan fingerprint density at radius 2 is 2.35 bits per heavy atom. The Morgan fingerprint density at radius 3 is 3.09 bits per heavy atom. The fourth-order valence-electron chi connectivity index (χ4n) is 2.88. The first-order chi connectivity index (χ1) is 11.0. The molecule has 23 heavy (non-hydrogen) atoms. The maximum absolute atomic E-state index is 10.7. The molecule has 6 heteroatoms. The summed E-state index contributed by atoms with van der Waals surface area (Å²) >= 11 is 6.06. The number of rotatable bonds is 4. The minimum atomic E-state index is -0.978. The van der Waals surface area contributed by atoms with E-state index in [4.69, 9.17) is 16.3 Å². The van der Waals surface area contributed by atoms with Gasteiger partial charge in [-0.2, -0.15) is 5.10 Å². The molecule has 2 atom stereocenters. The van der Waals surface area contributed by atoms with Crippen LogP contribution < -0.4 is 10.1 Å². The first kappa shape index (κ1) is 16.3. The normalized spacial score (nSPS) is 20.3. The number of nitrogens with zero attached hydrogens (tertiary/aromatic N) is 2. The van der Waals surface area contributed by atoms with E-state index in [9.17, 15) is 5.11 Å². The van der Waals surface area contributed by atoms with Gasteiger partial charge >= 0.3 is 0 Å². The van der Waals surface area contributed by atoms with E-state index in [-0.39, 0.29) is 6.04 Å². The highest BCUT2D eigenvalue weighted by atomic mass is 35.5. The summed E-state index contributed by atoms with van der Waals surface area (Å²) in [5.74, 6) is 0.827. The monoisotopic (exact) mass is 335 g/mol. The Bertz CT molecular complexity index is 684. The Balaban J connectivity index is 1.75. The molecule has 1 aromatic carbocycles. The summed E-state index contributed by atoms with van der Waals surface area (Å²) in [7, 11) is 1.84. The van der Waals surface area contributed by atoms with Gasteiger partial charge in [0, 0.05) is 42.0 Å². The molecule has 0 saturated carbocycles. The summed E-state index contributed by atoms with van der Waals surface area (Å²) in [5, 5.41) is 19.0. The zero-order valence-electron chi connectivity index (χ0n) is 13.4. The van der Waals surface area contributed by atoms with Crippen molar-refractivity contribution in [3.05, 3.63) is 46.7 Å². The van der Waals surface area contributed by atoms with Crippen LogP contribution in [0.4, 0.5) is 0 Å². The van der Waals surface area contributed by atoms with Crippen LogP contribution >= 0.6 is 11.6 Å². The average molecular weight is 336 g/mol. The van der Waals surface area contributed by atoms with Crippen LogP contribution in [0.1, 0.15) is 36.9 Å². The lowest BCUT2D eigenvalue weighted by atomic mass is 9.97. The van der Waals surface area contributed by atoms with Gasteiger partial charge < -0.3 is 15.2 Å². The number of fused-ring (bicyclic) bond motifs is 1. The number of aromatic nitrogens is 2. The molecule has 0 radical (unpaired) electrons. The summed E-state index contributed by atoms with van der Waals surface area (Å²) < 4.78 is 7.47. The molecule has 2 heterocycles. The molecule has 0 fully saturated rings. The largest absolute Gasteiger partial charge is 0.493 e. The third-order valence-corrected chi connectivity index (χ3v) is 4.50. The summed E-state index contributed by atoms with van der Waals surface area (Å²) in [6.07, 6.45) is 5.45. The lowest BCUT2D eigenvalue weighted by Gasteiger charge is -2.26. The zero-order valence-corrected chi connectivity index (χ0v) is 14.2. The number of ether oxygens (including phenoxy) is 1.